The van der Waals surface area contributed by atoms with E-state index in [1.54, 1.807) is 18.6 Å². The summed E-state index contributed by atoms with van der Waals surface area (Å²) in [4.78, 5) is 8.88. The van der Waals surface area contributed by atoms with E-state index in [1.807, 2.05) is 83.4 Å². The number of para-hydroxylation sites is 2. The Hall–Kier alpha value is -4.19. The number of aromatic nitrogens is 4. The molecule has 0 aliphatic rings. The normalized spacial score (nSPS) is 10.8. The van der Waals surface area contributed by atoms with Crippen LogP contribution in [0.25, 0.3) is 16.9 Å². The van der Waals surface area contributed by atoms with Crippen molar-refractivity contribution in [3.05, 3.63) is 103 Å². The molecule has 0 saturated heterocycles. The number of rotatable bonds is 6. The summed E-state index contributed by atoms with van der Waals surface area (Å²) in [5, 5.41) is 7.93. The molecule has 0 amide bonds. The summed E-state index contributed by atoms with van der Waals surface area (Å²) in [6, 6.07) is 25.7. The molecular formula is C24H19N5O. The van der Waals surface area contributed by atoms with Crippen LogP contribution < -0.4 is 10.1 Å². The minimum absolute atomic E-state index is 0.490. The van der Waals surface area contributed by atoms with Crippen LogP contribution in [0, 0.1) is 0 Å². The van der Waals surface area contributed by atoms with Crippen LogP contribution in [0.1, 0.15) is 5.56 Å². The van der Waals surface area contributed by atoms with E-state index < -0.39 is 0 Å². The quantitative estimate of drug-likeness (QED) is 0.434. The maximum Gasteiger partial charge on any atom is 0.159 e. The molecule has 1 N–H and O–H groups in total. The number of nitrogens with one attached hydrogen (secondary N) is 1. The molecule has 6 heteroatoms. The lowest BCUT2D eigenvalue weighted by atomic mass is 10.2. The Morgan fingerprint density at radius 2 is 1.60 bits per heavy atom. The monoisotopic (exact) mass is 393 g/mol. The van der Waals surface area contributed by atoms with E-state index in [-0.39, 0.29) is 0 Å². The number of anilines is 2. The average molecular weight is 393 g/mol. The highest BCUT2D eigenvalue weighted by Crippen LogP contribution is 2.33. The van der Waals surface area contributed by atoms with Crippen molar-refractivity contribution in [2.24, 2.45) is 0 Å². The molecule has 0 bridgehead atoms. The fraction of sp³-hybridized carbons (Fsp3) is 0.0417. The van der Waals surface area contributed by atoms with E-state index >= 15 is 0 Å². The van der Waals surface area contributed by atoms with Gasteiger partial charge in [0.25, 0.3) is 0 Å². The minimum atomic E-state index is 0.490. The van der Waals surface area contributed by atoms with Crippen molar-refractivity contribution in [2.45, 2.75) is 6.61 Å². The molecule has 0 fully saturated rings. The summed E-state index contributed by atoms with van der Waals surface area (Å²) < 4.78 is 7.92. The molecule has 0 spiro atoms. The van der Waals surface area contributed by atoms with Crippen LogP contribution in [0.4, 0.5) is 11.5 Å². The zero-order valence-electron chi connectivity index (χ0n) is 16.1. The van der Waals surface area contributed by atoms with Crippen molar-refractivity contribution in [2.75, 3.05) is 5.32 Å². The van der Waals surface area contributed by atoms with Gasteiger partial charge < -0.3 is 10.1 Å². The van der Waals surface area contributed by atoms with Crippen molar-refractivity contribution in [3.8, 4) is 17.0 Å². The van der Waals surface area contributed by atoms with Crippen molar-refractivity contribution < 1.29 is 4.74 Å². The fourth-order valence-electron chi connectivity index (χ4n) is 3.30. The third kappa shape index (κ3) is 3.58. The topological polar surface area (TPSA) is 64.3 Å². The fourth-order valence-corrected chi connectivity index (χ4v) is 3.30. The van der Waals surface area contributed by atoms with Gasteiger partial charge in [-0.15, -0.1) is 0 Å². The lowest BCUT2D eigenvalue weighted by Gasteiger charge is -2.13. The second kappa shape index (κ2) is 8.05. The van der Waals surface area contributed by atoms with E-state index in [4.69, 9.17) is 9.72 Å². The Labute approximate surface area is 173 Å². The molecule has 0 radical (unpaired) electrons. The smallest absolute Gasteiger partial charge is 0.159 e. The van der Waals surface area contributed by atoms with Crippen LogP contribution >= 0.6 is 0 Å². The van der Waals surface area contributed by atoms with Crippen molar-refractivity contribution in [1.82, 2.24) is 19.6 Å². The molecule has 30 heavy (non-hydrogen) atoms. The van der Waals surface area contributed by atoms with Crippen LogP contribution in [0.5, 0.6) is 5.75 Å². The number of ether oxygens (including phenoxy) is 1. The Morgan fingerprint density at radius 1 is 0.800 bits per heavy atom. The van der Waals surface area contributed by atoms with Gasteiger partial charge in [-0.25, -0.2) is 9.50 Å². The largest absolute Gasteiger partial charge is 0.487 e. The Bertz CT molecular complexity index is 1270. The lowest BCUT2D eigenvalue weighted by Crippen LogP contribution is -2.00. The number of nitrogens with zero attached hydrogens (tertiary/aromatic N) is 4. The van der Waals surface area contributed by atoms with Gasteiger partial charge in [-0.3, -0.25) is 4.98 Å². The average Bonchev–Trinajstić information content (AvgIpc) is 3.17. The first kappa shape index (κ1) is 17.9. The molecule has 5 aromatic rings. The molecule has 146 valence electrons. The maximum atomic E-state index is 6.09. The summed E-state index contributed by atoms with van der Waals surface area (Å²) in [5.74, 6) is 1.46. The molecule has 0 aliphatic heterocycles. The maximum absolute atomic E-state index is 6.09. The van der Waals surface area contributed by atoms with Gasteiger partial charge in [0.05, 0.1) is 5.69 Å². The first-order valence-corrected chi connectivity index (χ1v) is 9.65. The van der Waals surface area contributed by atoms with E-state index in [2.05, 4.69) is 15.4 Å². The summed E-state index contributed by atoms with van der Waals surface area (Å²) in [5.41, 5.74) is 4.55. The zero-order chi connectivity index (χ0) is 20.2. The van der Waals surface area contributed by atoms with E-state index in [0.717, 1.165) is 33.9 Å². The highest BCUT2D eigenvalue weighted by molar-refractivity contribution is 5.80. The summed E-state index contributed by atoms with van der Waals surface area (Å²) in [7, 11) is 0. The van der Waals surface area contributed by atoms with Gasteiger partial charge in [0, 0.05) is 24.2 Å². The summed E-state index contributed by atoms with van der Waals surface area (Å²) in [6.07, 6.45) is 5.27. The van der Waals surface area contributed by atoms with Gasteiger partial charge >= 0.3 is 0 Å². The van der Waals surface area contributed by atoms with Crippen LogP contribution in [0.2, 0.25) is 0 Å². The van der Waals surface area contributed by atoms with Gasteiger partial charge in [0.1, 0.15) is 18.1 Å². The van der Waals surface area contributed by atoms with Gasteiger partial charge in [-0.1, -0.05) is 42.5 Å². The Kier molecular flexibility index (Phi) is 4.79. The number of hydrogen-bond acceptors (Lipinski definition) is 5. The third-order valence-electron chi connectivity index (χ3n) is 4.72. The SMILES string of the molecule is c1ccc(COc2ccccc2Nc2nc3cccnn3c2-c2ccncc2)cc1. The first-order valence-electron chi connectivity index (χ1n) is 9.65. The standard InChI is InChI=1S/C24H19N5O/c1-2-7-18(8-3-1)17-30-21-10-5-4-9-20(21)27-24-23(19-12-15-25-16-13-19)29-22(28-24)11-6-14-26-29/h1-16,27H,17H2. The predicted molar refractivity (Wildman–Crippen MR) is 117 cm³/mol. The Morgan fingerprint density at radius 3 is 2.47 bits per heavy atom. The second-order valence-electron chi connectivity index (χ2n) is 6.73. The van der Waals surface area contributed by atoms with Gasteiger partial charge in [-0.05, 0) is 42.0 Å². The van der Waals surface area contributed by atoms with Crippen LogP contribution in [0.15, 0.2) is 97.5 Å². The Balaban J connectivity index is 1.51. The highest BCUT2D eigenvalue weighted by Gasteiger charge is 2.16. The molecule has 3 heterocycles. The molecule has 3 aromatic heterocycles. The third-order valence-corrected chi connectivity index (χ3v) is 4.72. The molecule has 0 aliphatic carbocycles. The number of hydrogen-bond donors (Lipinski definition) is 1. The lowest BCUT2D eigenvalue weighted by molar-refractivity contribution is 0.308. The minimum Gasteiger partial charge on any atom is -0.487 e. The highest BCUT2D eigenvalue weighted by atomic mass is 16.5. The molecule has 0 unspecified atom stereocenters. The van der Waals surface area contributed by atoms with Crippen molar-refractivity contribution in [3.63, 3.8) is 0 Å². The van der Waals surface area contributed by atoms with E-state index in [1.165, 1.54) is 0 Å². The number of imidazole rings is 1. The molecule has 5 rings (SSSR count). The summed E-state index contributed by atoms with van der Waals surface area (Å²) >= 11 is 0. The first-order chi connectivity index (χ1) is 14.9. The second-order valence-corrected chi connectivity index (χ2v) is 6.73. The number of fused-ring (bicyclic) bond motifs is 1. The molecular weight excluding hydrogens is 374 g/mol. The van der Waals surface area contributed by atoms with Gasteiger partial charge in [0.15, 0.2) is 11.5 Å². The zero-order valence-corrected chi connectivity index (χ0v) is 16.1. The summed E-state index contributed by atoms with van der Waals surface area (Å²) in [6.45, 7) is 0.490. The van der Waals surface area contributed by atoms with Crippen LogP contribution in [-0.4, -0.2) is 19.6 Å². The molecule has 6 nitrogen and oxygen atoms in total. The molecule has 0 atom stereocenters. The predicted octanol–water partition coefficient (Wildman–Crippen LogP) is 5.11. The number of benzene rings is 2. The van der Waals surface area contributed by atoms with Crippen LogP contribution in [-0.2, 0) is 6.61 Å². The van der Waals surface area contributed by atoms with Gasteiger partial charge in [0.2, 0.25) is 0 Å². The van der Waals surface area contributed by atoms with Crippen molar-refractivity contribution >= 4 is 17.2 Å². The van der Waals surface area contributed by atoms with E-state index in [0.29, 0.717) is 12.4 Å². The van der Waals surface area contributed by atoms with Crippen LogP contribution in [0.3, 0.4) is 0 Å². The van der Waals surface area contributed by atoms with E-state index in [9.17, 15) is 0 Å². The van der Waals surface area contributed by atoms with Crippen molar-refractivity contribution in [1.29, 1.82) is 0 Å². The molecule has 2 aromatic carbocycles. The number of pyridine rings is 1. The molecule has 0 saturated carbocycles. The van der Waals surface area contributed by atoms with Gasteiger partial charge in [-0.2, -0.15) is 5.10 Å².